The molecule has 0 bridgehead atoms. The van der Waals surface area contributed by atoms with E-state index in [4.69, 9.17) is 4.52 Å². The molecule has 228 valence electrons. The fourth-order valence-electron chi connectivity index (χ4n) is 8.99. The third-order valence-corrected chi connectivity index (χ3v) is 12.0. The molecule has 1 N–H and O–H groups in total. The van der Waals surface area contributed by atoms with Gasteiger partial charge in [-0.15, -0.1) is 0 Å². The quantitative estimate of drug-likeness (QED) is 0.246. The number of allylic oxidation sites excluding steroid dienone is 2. The second-order valence-corrected chi connectivity index (χ2v) is 16.5. The molecule has 1 aromatic heterocycles. The summed E-state index contributed by atoms with van der Waals surface area (Å²) in [4.78, 5) is 12.8. The topological polar surface area (TPSA) is 63.3 Å². The van der Waals surface area contributed by atoms with Crippen molar-refractivity contribution in [3.63, 3.8) is 0 Å². The van der Waals surface area contributed by atoms with Crippen molar-refractivity contribution in [2.45, 2.75) is 152 Å². The normalized spacial score (nSPS) is 29.1. The molecule has 0 spiro atoms. The van der Waals surface area contributed by atoms with E-state index < -0.39 is 0 Å². The highest BCUT2D eigenvalue weighted by molar-refractivity contribution is 5.88. The summed E-state index contributed by atoms with van der Waals surface area (Å²) in [5.74, 6) is 1.58. The van der Waals surface area contributed by atoms with Crippen molar-refractivity contribution in [3.8, 4) is 0 Å². The molecular formula is C36H61NO3. The zero-order chi connectivity index (χ0) is 30.2. The molecule has 40 heavy (non-hydrogen) atoms. The summed E-state index contributed by atoms with van der Waals surface area (Å²) < 4.78 is 5.82. The van der Waals surface area contributed by atoms with E-state index in [0.29, 0.717) is 11.3 Å². The molecule has 2 aliphatic carbocycles. The summed E-state index contributed by atoms with van der Waals surface area (Å²) in [6.45, 7) is 26.0. The Bertz CT molecular complexity index is 1060. The number of fused-ring (bicyclic) bond motifs is 2. The number of carbonyl (C=O) groups is 1. The number of nitrogens with zero attached hydrogens (tertiary/aromatic N) is 1. The van der Waals surface area contributed by atoms with Crippen LogP contribution in [0.5, 0.6) is 0 Å². The largest absolute Gasteiger partial charge is 0.396 e. The van der Waals surface area contributed by atoms with Gasteiger partial charge in [-0.2, -0.15) is 0 Å². The lowest BCUT2D eigenvalue weighted by Crippen LogP contribution is -2.56. The Balaban J connectivity index is 1.94. The van der Waals surface area contributed by atoms with E-state index in [0.717, 1.165) is 50.7 Å². The molecule has 1 heterocycles. The van der Waals surface area contributed by atoms with E-state index in [1.165, 1.54) is 36.8 Å². The molecule has 4 atom stereocenters. The van der Waals surface area contributed by atoms with E-state index in [-0.39, 0.29) is 39.5 Å². The molecule has 0 aromatic carbocycles. The van der Waals surface area contributed by atoms with Crippen molar-refractivity contribution in [3.05, 3.63) is 29.2 Å². The number of hydrogen-bond acceptors (Lipinski definition) is 4. The Labute approximate surface area is 246 Å². The number of carbonyl (C=O) groups excluding carboxylic acids is 1. The van der Waals surface area contributed by atoms with Crippen LogP contribution in [0.15, 0.2) is 22.4 Å². The van der Waals surface area contributed by atoms with Gasteiger partial charge < -0.3 is 9.63 Å². The first-order valence-corrected chi connectivity index (χ1v) is 16.2. The van der Waals surface area contributed by atoms with Crippen molar-refractivity contribution in [1.82, 2.24) is 5.16 Å². The van der Waals surface area contributed by atoms with Gasteiger partial charge in [-0.05, 0) is 110 Å². The molecule has 4 nitrogen and oxygen atoms in total. The van der Waals surface area contributed by atoms with Crippen LogP contribution in [0.3, 0.4) is 0 Å². The van der Waals surface area contributed by atoms with Gasteiger partial charge in [0.05, 0.1) is 6.20 Å². The van der Waals surface area contributed by atoms with Crippen LogP contribution in [0.25, 0.3) is 0 Å². The lowest BCUT2D eigenvalue weighted by molar-refractivity contribution is -0.113. The van der Waals surface area contributed by atoms with Crippen molar-refractivity contribution in [2.24, 2.45) is 33.0 Å². The second kappa shape index (κ2) is 11.7. The van der Waals surface area contributed by atoms with Gasteiger partial charge in [-0.1, -0.05) is 86.4 Å². The second-order valence-electron chi connectivity index (χ2n) is 16.5. The molecule has 0 unspecified atom stereocenters. The number of ketones is 1. The molecule has 0 amide bonds. The van der Waals surface area contributed by atoms with Gasteiger partial charge >= 0.3 is 0 Å². The van der Waals surface area contributed by atoms with Gasteiger partial charge in [-0.25, -0.2) is 0 Å². The van der Waals surface area contributed by atoms with E-state index in [1.807, 2.05) is 12.3 Å². The van der Waals surface area contributed by atoms with Gasteiger partial charge in [-0.3, -0.25) is 4.79 Å². The standard InChI is InChI=1S/C36H61NO3/c1-12-15-31(3,4)18-20-34(9,16-13-22-38)21-19-32(5,6)36(11)17-14-28-33(7,8)30-27(25-37-40-30)24-35(28,10)29(36)23-26(2)39/h23,25,28,38H,12-22,24H2,1-11H3/b29-23-/t28-,34-,35-,36+/m0/s1. The molecular weight excluding hydrogens is 494 g/mol. The summed E-state index contributed by atoms with van der Waals surface area (Å²) in [5, 5.41) is 13.9. The molecule has 2 aliphatic rings. The smallest absolute Gasteiger partial charge is 0.152 e. The number of rotatable bonds is 13. The maximum Gasteiger partial charge on any atom is 0.152 e. The molecule has 1 saturated carbocycles. The molecule has 1 fully saturated rings. The lowest BCUT2D eigenvalue weighted by Gasteiger charge is -2.62. The summed E-state index contributed by atoms with van der Waals surface area (Å²) >= 11 is 0. The maximum atomic E-state index is 12.8. The Morgan fingerprint density at radius 2 is 1.70 bits per heavy atom. The lowest BCUT2D eigenvalue weighted by atomic mass is 9.41. The number of aliphatic hydroxyl groups is 1. The fraction of sp³-hybridized carbons (Fsp3) is 0.833. The zero-order valence-corrected chi connectivity index (χ0v) is 27.9. The van der Waals surface area contributed by atoms with Crippen LogP contribution in [0.1, 0.15) is 152 Å². The van der Waals surface area contributed by atoms with E-state index in [9.17, 15) is 9.90 Å². The van der Waals surface area contributed by atoms with Gasteiger partial charge in [0, 0.05) is 17.6 Å². The minimum absolute atomic E-state index is 0.0146. The molecule has 0 radical (unpaired) electrons. The summed E-state index contributed by atoms with van der Waals surface area (Å²) in [6.07, 6.45) is 16.1. The maximum absolute atomic E-state index is 12.8. The predicted octanol–water partition coefficient (Wildman–Crippen LogP) is 9.64. The zero-order valence-electron chi connectivity index (χ0n) is 27.9. The number of hydrogen-bond donors (Lipinski definition) is 1. The number of aromatic nitrogens is 1. The van der Waals surface area contributed by atoms with E-state index >= 15 is 0 Å². The van der Waals surface area contributed by atoms with Gasteiger partial charge in [0.25, 0.3) is 0 Å². The predicted molar refractivity (Wildman–Crippen MR) is 166 cm³/mol. The van der Waals surface area contributed by atoms with Crippen LogP contribution in [-0.4, -0.2) is 22.7 Å². The summed E-state index contributed by atoms with van der Waals surface area (Å²) in [5.41, 5.74) is 2.78. The van der Waals surface area contributed by atoms with Gasteiger partial charge in [0.1, 0.15) is 5.76 Å². The Kier molecular flexibility index (Phi) is 9.67. The molecule has 4 heteroatoms. The first-order valence-electron chi connectivity index (χ1n) is 16.2. The molecule has 3 rings (SSSR count). The van der Waals surface area contributed by atoms with Crippen molar-refractivity contribution in [1.29, 1.82) is 0 Å². The molecule has 1 aromatic rings. The minimum Gasteiger partial charge on any atom is -0.396 e. The Morgan fingerprint density at radius 1 is 1.05 bits per heavy atom. The van der Waals surface area contributed by atoms with Crippen LogP contribution < -0.4 is 0 Å². The summed E-state index contributed by atoms with van der Waals surface area (Å²) in [6, 6.07) is 0. The minimum atomic E-state index is -0.131. The molecule has 0 saturated heterocycles. The van der Waals surface area contributed by atoms with Crippen LogP contribution in [0.4, 0.5) is 0 Å². The first-order chi connectivity index (χ1) is 18.4. The highest BCUT2D eigenvalue weighted by Gasteiger charge is 2.61. The summed E-state index contributed by atoms with van der Waals surface area (Å²) in [7, 11) is 0. The van der Waals surface area contributed by atoms with Crippen molar-refractivity contribution in [2.75, 3.05) is 6.61 Å². The van der Waals surface area contributed by atoms with E-state index in [1.54, 1.807) is 6.92 Å². The average molecular weight is 556 g/mol. The SMILES string of the molecule is CCCC(C)(C)CC[C@](C)(CCCO)CCC(C)(C)[C@]1(C)CC[C@H]2C(C)(C)c3oncc3C[C@]2(C)/C1=C/C(C)=O. The van der Waals surface area contributed by atoms with Crippen LogP contribution in [0.2, 0.25) is 0 Å². The first kappa shape index (κ1) is 33.1. The van der Waals surface area contributed by atoms with Gasteiger partial charge in [0.2, 0.25) is 0 Å². The monoisotopic (exact) mass is 555 g/mol. The van der Waals surface area contributed by atoms with Gasteiger partial charge in [0.15, 0.2) is 5.78 Å². The van der Waals surface area contributed by atoms with Crippen LogP contribution >= 0.6 is 0 Å². The van der Waals surface area contributed by atoms with Crippen LogP contribution in [0, 0.1) is 33.0 Å². The Hall–Kier alpha value is -1.42. The van der Waals surface area contributed by atoms with Crippen molar-refractivity contribution < 1.29 is 14.4 Å². The van der Waals surface area contributed by atoms with E-state index in [2.05, 4.69) is 74.4 Å². The highest BCUT2D eigenvalue weighted by Crippen LogP contribution is 2.67. The average Bonchev–Trinajstić information content (AvgIpc) is 3.32. The molecule has 0 aliphatic heterocycles. The van der Waals surface area contributed by atoms with Crippen LogP contribution in [-0.2, 0) is 16.6 Å². The third kappa shape index (κ3) is 6.32. The van der Waals surface area contributed by atoms with Crippen molar-refractivity contribution >= 4 is 5.78 Å². The fourth-order valence-corrected chi connectivity index (χ4v) is 8.99. The highest BCUT2D eigenvalue weighted by atomic mass is 16.5. The third-order valence-electron chi connectivity index (χ3n) is 12.0. The Morgan fingerprint density at radius 3 is 2.30 bits per heavy atom. The number of aliphatic hydroxyl groups excluding tert-OH is 1.